The molecule has 1 heterocycles. The molecule has 118 valence electrons. The highest BCUT2D eigenvalue weighted by atomic mass is 127. The maximum atomic E-state index is 12.1. The van der Waals surface area contributed by atoms with Crippen LogP contribution in [0.3, 0.4) is 0 Å². The van der Waals surface area contributed by atoms with Crippen LogP contribution in [0.15, 0.2) is 18.2 Å². The van der Waals surface area contributed by atoms with Gasteiger partial charge in [0.1, 0.15) is 0 Å². The zero-order valence-corrected chi connectivity index (χ0v) is 15.4. The van der Waals surface area contributed by atoms with E-state index in [-0.39, 0.29) is 24.4 Å². The predicted octanol–water partition coefficient (Wildman–Crippen LogP) is 2.63. The minimum absolute atomic E-state index is 0. The lowest BCUT2D eigenvalue weighted by Gasteiger charge is -2.34. The Bertz CT molecular complexity index is 498. The van der Waals surface area contributed by atoms with E-state index in [0.29, 0.717) is 12.5 Å². The van der Waals surface area contributed by atoms with Gasteiger partial charge in [-0.25, -0.2) is 0 Å². The summed E-state index contributed by atoms with van der Waals surface area (Å²) >= 11 is 2.27. The zero-order valence-electron chi connectivity index (χ0n) is 12.4. The van der Waals surface area contributed by atoms with Crippen LogP contribution in [0.25, 0.3) is 0 Å². The van der Waals surface area contributed by atoms with Crippen molar-refractivity contribution in [2.24, 2.45) is 11.7 Å². The Morgan fingerprint density at radius 1 is 1.52 bits per heavy atom. The molecule has 1 aliphatic heterocycles. The summed E-state index contributed by atoms with van der Waals surface area (Å²) in [6, 6.07) is 6.31. The molecule has 1 amide bonds. The van der Waals surface area contributed by atoms with Gasteiger partial charge < -0.3 is 11.1 Å². The first kappa shape index (κ1) is 18.7. The highest BCUT2D eigenvalue weighted by Crippen LogP contribution is 2.18. The molecule has 1 aliphatic rings. The van der Waals surface area contributed by atoms with Gasteiger partial charge in [-0.05, 0) is 65.6 Å². The van der Waals surface area contributed by atoms with Crippen molar-refractivity contribution < 1.29 is 4.79 Å². The van der Waals surface area contributed by atoms with Crippen LogP contribution in [0.4, 0.5) is 5.69 Å². The summed E-state index contributed by atoms with van der Waals surface area (Å²) in [5.41, 5.74) is 8.00. The van der Waals surface area contributed by atoms with E-state index in [1.165, 1.54) is 3.57 Å². The molecule has 0 bridgehead atoms. The van der Waals surface area contributed by atoms with Gasteiger partial charge >= 0.3 is 0 Å². The van der Waals surface area contributed by atoms with Crippen LogP contribution < -0.4 is 11.1 Å². The number of likely N-dealkylation sites (tertiary alicyclic amines) is 1. The lowest BCUT2D eigenvalue weighted by atomic mass is 9.95. The molecule has 0 saturated carbocycles. The molecule has 1 aromatic rings. The van der Waals surface area contributed by atoms with E-state index in [2.05, 4.69) is 45.8 Å². The highest BCUT2D eigenvalue weighted by molar-refractivity contribution is 14.1. The van der Waals surface area contributed by atoms with Gasteiger partial charge in [0.2, 0.25) is 5.91 Å². The van der Waals surface area contributed by atoms with E-state index in [1.54, 1.807) is 0 Å². The van der Waals surface area contributed by atoms with Crippen molar-refractivity contribution >= 4 is 46.6 Å². The number of rotatable bonds is 3. The Morgan fingerprint density at radius 3 is 2.86 bits per heavy atom. The first-order valence-electron chi connectivity index (χ1n) is 6.99. The van der Waals surface area contributed by atoms with Crippen LogP contribution >= 0.6 is 35.0 Å². The minimum atomic E-state index is 0. The lowest BCUT2D eigenvalue weighted by Crippen LogP contribution is -2.48. The number of nitrogens with zero attached hydrogens (tertiary/aromatic N) is 1. The monoisotopic (exact) mass is 423 g/mol. The maximum Gasteiger partial charge on any atom is 0.238 e. The first-order chi connectivity index (χ1) is 9.45. The van der Waals surface area contributed by atoms with Crippen molar-refractivity contribution in [1.82, 2.24) is 4.90 Å². The SMILES string of the molecule is Cc1cc(I)ccc1NC(=O)CN1CCC(N)C(C)C1.Cl. The summed E-state index contributed by atoms with van der Waals surface area (Å²) in [6.07, 6.45) is 0.969. The number of nitrogens with two attached hydrogens (primary N) is 1. The number of halogens is 2. The topological polar surface area (TPSA) is 58.4 Å². The maximum absolute atomic E-state index is 12.1. The number of nitrogens with one attached hydrogen (secondary N) is 1. The number of carbonyl (C=O) groups excluding carboxylic acids is 1. The van der Waals surface area contributed by atoms with E-state index >= 15 is 0 Å². The number of hydrogen-bond acceptors (Lipinski definition) is 3. The smallest absolute Gasteiger partial charge is 0.238 e. The molecule has 0 radical (unpaired) electrons. The summed E-state index contributed by atoms with van der Waals surface area (Å²) in [4.78, 5) is 14.3. The lowest BCUT2D eigenvalue weighted by molar-refractivity contribution is -0.117. The zero-order chi connectivity index (χ0) is 14.7. The summed E-state index contributed by atoms with van der Waals surface area (Å²) in [7, 11) is 0. The fourth-order valence-electron chi connectivity index (χ4n) is 2.55. The molecule has 1 aromatic carbocycles. The Hall–Kier alpha value is -0.370. The Kier molecular flexibility index (Phi) is 7.39. The number of hydrogen-bond donors (Lipinski definition) is 2. The van der Waals surface area contributed by atoms with Crippen molar-refractivity contribution in [2.75, 3.05) is 25.0 Å². The van der Waals surface area contributed by atoms with Crippen LogP contribution in [-0.2, 0) is 4.79 Å². The third kappa shape index (κ3) is 5.39. The number of carbonyl (C=O) groups is 1. The largest absolute Gasteiger partial charge is 0.327 e. The van der Waals surface area contributed by atoms with Crippen LogP contribution in [0.2, 0.25) is 0 Å². The molecule has 0 aromatic heterocycles. The summed E-state index contributed by atoms with van der Waals surface area (Å²) in [6.45, 7) is 6.42. The van der Waals surface area contributed by atoms with Gasteiger partial charge in [-0.15, -0.1) is 12.4 Å². The van der Waals surface area contributed by atoms with Crippen molar-refractivity contribution in [1.29, 1.82) is 0 Å². The van der Waals surface area contributed by atoms with E-state index in [0.717, 1.165) is 30.8 Å². The molecule has 3 N–H and O–H groups in total. The second-order valence-electron chi connectivity index (χ2n) is 5.67. The van der Waals surface area contributed by atoms with Gasteiger partial charge in [-0.1, -0.05) is 6.92 Å². The third-order valence-electron chi connectivity index (χ3n) is 3.89. The molecule has 4 nitrogen and oxygen atoms in total. The average Bonchev–Trinajstić information content (AvgIpc) is 2.37. The fraction of sp³-hybridized carbons (Fsp3) is 0.533. The number of anilines is 1. The highest BCUT2D eigenvalue weighted by Gasteiger charge is 2.24. The van der Waals surface area contributed by atoms with E-state index in [9.17, 15) is 4.79 Å². The molecule has 21 heavy (non-hydrogen) atoms. The van der Waals surface area contributed by atoms with Gasteiger partial charge in [0.15, 0.2) is 0 Å². The quantitative estimate of drug-likeness (QED) is 0.735. The molecule has 2 unspecified atom stereocenters. The van der Waals surface area contributed by atoms with Crippen molar-refractivity contribution in [3.8, 4) is 0 Å². The molecule has 2 atom stereocenters. The van der Waals surface area contributed by atoms with Crippen molar-refractivity contribution in [3.05, 3.63) is 27.3 Å². The normalized spacial score (nSPS) is 22.5. The number of benzene rings is 1. The number of aryl methyl sites for hydroxylation is 1. The average molecular weight is 424 g/mol. The van der Waals surface area contributed by atoms with Gasteiger partial charge in [0, 0.05) is 28.4 Å². The molecule has 1 fully saturated rings. The second-order valence-corrected chi connectivity index (χ2v) is 6.92. The van der Waals surface area contributed by atoms with Crippen LogP contribution in [0, 0.1) is 16.4 Å². The molecule has 2 rings (SSSR count). The molecule has 6 heteroatoms. The third-order valence-corrected chi connectivity index (χ3v) is 4.56. The molecular weight excluding hydrogens is 401 g/mol. The first-order valence-corrected chi connectivity index (χ1v) is 8.07. The van der Waals surface area contributed by atoms with Crippen molar-refractivity contribution in [3.63, 3.8) is 0 Å². The molecule has 0 spiro atoms. The van der Waals surface area contributed by atoms with Gasteiger partial charge in [-0.3, -0.25) is 9.69 Å². The Balaban J connectivity index is 0.00000220. The summed E-state index contributed by atoms with van der Waals surface area (Å²) < 4.78 is 1.18. The standard InChI is InChI=1S/C15H22IN3O.ClH/c1-10-7-12(16)3-4-14(10)18-15(20)9-19-6-5-13(17)11(2)8-19;/h3-4,7,11,13H,5-6,8-9,17H2,1-2H3,(H,18,20);1H. The van der Waals surface area contributed by atoms with Crippen molar-refractivity contribution in [2.45, 2.75) is 26.3 Å². The number of piperidine rings is 1. The van der Waals surface area contributed by atoms with Crippen LogP contribution in [0.5, 0.6) is 0 Å². The molecule has 1 saturated heterocycles. The Morgan fingerprint density at radius 2 is 2.24 bits per heavy atom. The van der Waals surface area contributed by atoms with Gasteiger partial charge in [0.05, 0.1) is 6.54 Å². The van der Waals surface area contributed by atoms with E-state index < -0.39 is 0 Å². The minimum Gasteiger partial charge on any atom is -0.327 e. The molecular formula is C15H23ClIN3O. The van der Waals surface area contributed by atoms with Gasteiger partial charge in [0.25, 0.3) is 0 Å². The summed E-state index contributed by atoms with van der Waals surface area (Å²) in [5.74, 6) is 0.508. The van der Waals surface area contributed by atoms with Gasteiger partial charge in [-0.2, -0.15) is 0 Å². The van der Waals surface area contributed by atoms with E-state index in [4.69, 9.17) is 5.73 Å². The van der Waals surface area contributed by atoms with Crippen LogP contribution in [0.1, 0.15) is 18.9 Å². The predicted molar refractivity (Wildman–Crippen MR) is 98.0 cm³/mol. The van der Waals surface area contributed by atoms with E-state index in [1.807, 2.05) is 19.1 Å². The Labute approximate surface area is 146 Å². The molecule has 0 aliphatic carbocycles. The fourth-order valence-corrected chi connectivity index (χ4v) is 3.20. The van der Waals surface area contributed by atoms with Crippen LogP contribution in [-0.4, -0.2) is 36.5 Å². The number of amides is 1. The summed E-state index contributed by atoms with van der Waals surface area (Å²) in [5, 5.41) is 3.00. The second kappa shape index (κ2) is 8.31.